The maximum atomic E-state index is 12.1. The quantitative estimate of drug-likeness (QED) is 0.821. The van der Waals surface area contributed by atoms with Crippen LogP contribution in [0, 0.1) is 13.8 Å². The van der Waals surface area contributed by atoms with Gasteiger partial charge in [0.1, 0.15) is 0 Å². The third-order valence-electron chi connectivity index (χ3n) is 2.89. The Hall–Kier alpha value is -1.27. The molecule has 18 heavy (non-hydrogen) atoms. The van der Waals surface area contributed by atoms with Gasteiger partial charge in [-0.1, -0.05) is 0 Å². The fourth-order valence-corrected chi connectivity index (χ4v) is 2.92. The van der Waals surface area contributed by atoms with Crippen LogP contribution in [-0.4, -0.2) is 25.8 Å². The number of anilines is 2. The molecule has 0 spiro atoms. The van der Waals surface area contributed by atoms with Gasteiger partial charge >= 0.3 is 10.2 Å². The van der Waals surface area contributed by atoms with Crippen LogP contribution in [0.1, 0.15) is 25.0 Å². The van der Waals surface area contributed by atoms with E-state index < -0.39 is 10.2 Å². The van der Waals surface area contributed by atoms with Crippen molar-refractivity contribution in [1.29, 1.82) is 0 Å². The molecule has 0 amide bonds. The van der Waals surface area contributed by atoms with E-state index in [1.54, 1.807) is 19.2 Å². The highest BCUT2D eigenvalue weighted by molar-refractivity contribution is 7.90. The lowest BCUT2D eigenvalue weighted by atomic mass is 10.1. The molecule has 0 bridgehead atoms. The average Bonchev–Trinajstić information content (AvgIpc) is 2.22. The lowest BCUT2D eigenvalue weighted by Crippen LogP contribution is -2.37. The summed E-state index contributed by atoms with van der Waals surface area (Å²) < 4.78 is 28.1. The van der Waals surface area contributed by atoms with E-state index >= 15 is 0 Å². The van der Waals surface area contributed by atoms with E-state index in [0.717, 1.165) is 11.1 Å². The molecule has 0 saturated carbocycles. The van der Waals surface area contributed by atoms with E-state index in [0.29, 0.717) is 11.4 Å². The third-order valence-corrected chi connectivity index (χ3v) is 4.53. The molecule has 0 aliphatic heterocycles. The standard InChI is InChI=1S/C12H21N3O2S/c1-8(2)15(5)18(16,17)14-12-9(3)6-11(13)7-10(12)4/h6-8,14H,13H2,1-5H3. The lowest BCUT2D eigenvalue weighted by molar-refractivity contribution is 0.414. The van der Waals surface area contributed by atoms with Crippen LogP contribution in [0.5, 0.6) is 0 Å². The Morgan fingerprint density at radius 3 is 2.06 bits per heavy atom. The molecule has 1 aromatic rings. The molecule has 0 heterocycles. The number of nitrogens with zero attached hydrogens (tertiary/aromatic N) is 1. The molecule has 1 aromatic carbocycles. The molecule has 0 unspecified atom stereocenters. The number of hydrogen-bond donors (Lipinski definition) is 2. The van der Waals surface area contributed by atoms with Crippen molar-refractivity contribution in [3.8, 4) is 0 Å². The van der Waals surface area contributed by atoms with Crippen LogP contribution < -0.4 is 10.5 Å². The van der Waals surface area contributed by atoms with Gasteiger partial charge < -0.3 is 5.73 Å². The van der Waals surface area contributed by atoms with Crippen molar-refractivity contribution < 1.29 is 8.42 Å². The number of nitrogens with two attached hydrogens (primary N) is 1. The zero-order valence-corrected chi connectivity index (χ0v) is 12.3. The van der Waals surface area contributed by atoms with Crippen LogP contribution in [0.2, 0.25) is 0 Å². The normalized spacial score (nSPS) is 12.2. The first kappa shape index (κ1) is 14.8. The van der Waals surface area contributed by atoms with Gasteiger partial charge in [0.05, 0.1) is 5.69 Å². The van der Waals surface area contributed by atoms with Gasteiger partial charge in [-0.25, -0.2) is 0 Å². The highest BCUT2D eigenvalue weighted by atomic mass is 32.2. The maximum absolute atomic E-state index is 12.1. The molecule has 5 nitrogen and oxygen atoms in total. The number of nitrogens with one attached hydrogen (secondary N) is 1. The van der Waals surface area contributed by atoms with Crippen LogP contribution >= 0.6 is 0 Å². The summed E-state index contributed by atoms with van der Waals surface area (Å²) in [4.78, 5) is 0. The average molecular weight is 271 g/mol. The summed E-state index contributed by atoms with van der Waals surface area (Å²) in [5, 5.41) is 0. The molecule has 0 atom stereocenters. The van der Waals surface area contributed by atoms with Crippen LogP contribution in [0.3, 0.4) is 0 Å². The summed E-state index contributed by atoms with van der Waals surface area (Å²) in [5.41, 5.74) is 8.56. The topological polar surface area (TPSA) is 75.4 Å². The molecule has 0 saturated heterocycles. The Labute approximate surface area is 109 Å². The molecule has 0 aliphatic rings. The first-order chi connectivity index (χ1) is 8.15. The van der Waals surface area contributed by atoms with E-state index in [-0.39, 0.29) is 6.04 Å². The molecule has 0 radical (unpaired) electrons. The summed E-state index contributed by atoms with van der Waals surface area (Å²) in [5.74, 6) is 0. The minimum Gasteiger partial charge on any atom is -0.399 e. The van der Waals surface area contributed by atoms with E-state index in [4.69, 9.17) is 5.73 Å². The van der Waals surface area contributed by atoms with Gasteiger partial charge in [0.25, 0.3) is 0 Å². The SMILES string of the molecule is Cc1cc(N)cc(C)c1NS(=O)(=O)N(C)C(C)C. The van der Waals surface area contributed by atoms with Crippen LogP contribution in [0.15, 0.2) is 12.1 Å². The Morgan fingerprint density at radius 1 is 1.22 bits per heavy atom. The van der Waals surface area contributed by atoms with Gasteiger partial charge in [-0.05, 0) is 51.0 Å². The summed E-state index contributed by atoms with van der Waals surface area (Å²) in [6.45, 7) is 7.30. The maximum Gasteiger partial charge on any atom is 0.301 e. The highest BCUT2D eigenvalue weighted by Crippen LogP contribution is 2.25. The molecule has 0 aliphatic carbocycles. The minimum atomic E-state index is -3.53. The zero-order valence-electron chi connectivity index (χ0n) is 11.5. The highest BCUT2D eigenvalue weighted by Gasteiger charge is 2.21. The van der Waals surface area contributed by atoms with Crippen molar-refractivity contribution in [2.45, 2.75) is 33.7 Å². The second kappa shape index (κ2) is 5.16. The zero-order chi connectivity index (χ0) is 14.1. The monoisotopic (exact) mass is 271 g/mol. The van der Waals surface area contributed by atoms with Crippen LogP contribution in [0.25, 0.3) is 0 Å². The summed E-state index contributed by atoms with van der Waals surface area (Å²) in [7, 11) is -1.98. The Kier molecular flexibility index (Phi) is 4.24. The lowest BCUT2D eigenvalue weighted by Gasteiger charge is -2.23. The number of aryl methyl sites for hydroxylation is 2. The largest absolute Gasteiger partial charge is 0.399 e. The molecule has 102 valence electrons. The summed E-state index contributed by atoms with van der Waals surface area (Å²) >= 11 is 0. The van der Waals surface area contributed by atoms with Crippen LogP contribution in [-0.2, 0) is 10.2 Å². The predicted molar refractivity (Wildman–Crippen MR) is 75.8 cm³/mol. The fraction of sp³-hybridized carbons (Fsp3) is 0.500. The second-order valence-corrected chi connectivity index (χ2v) is 6.48. The van der Waals surface area contributed by atoms with Gasteiger partial charge in [0, 0.05) is 18.8 Å². The molecule has 6 heteroatoms. The van der Waals surface area contributed by atoms with Crippen molar-refractivity contribution in [1.82, 2.24) is 4.31 Å². The van der Waals surface area contributed by atoms with Crippen LogP contribution in [0.4, 0.5) is 11.4 Å². The van der Waals surface area contributed by atoms with Crippen molar-refractivity contribution in [2.75, 3.05) is 17.5 Å². The molecule has 3 N–H and O–H groups in total. The molecule has 0 aromatic heterocycles. The number of rotatable bonds is 4. The number of hydrogen-bond acceptors (Lipinski definition) is 3. The number of benzene rings is 1. The van der Waals surface area contributed by atoms with Gasteiger partial charge in [-0.3, -0.25) is 4.72 Å². The van der Waals surface area contributed by atoms with Crippen molar-refractivity contribution in [3.63, 3.8) is 0 Å². The smallest absolute Gasteiger partial charge is 0.301 e. The predicted octanol–water partition coefficient (Wildman–Crippen LogP) is 1.88. The fourth-order valence-electron chi connectivity index (χ4n) is 1.64. The summed E-state index contributed by atoms with van der Waals surface area (Å²) in [6, 6.07) is 3.40. The molecular formula is C12H21N3O2S. The first-order valence-corrected chi connectivity index (χ1v) is 7.21. The van der Waals surface area contributed by atoms with E-state index in [9.17, 15) is 8.42 Å². The Bertz CT molecular complexity index is 515. The van der Waals surface area contributed by atoms with Gasteiger partial charge in [0.2, 0.25) is 0 Å². The third kappa shape index (κ3) is 3.14. The van der Waals surface area contributed by atoms with E-state index in [2.05, 4.69) is 4.72 Å². The first-order valence-electron chi connectivity index (χ1n) is 5.77. The molecular weight excluding hydrogens is 250 g/mol. The molecule has 0 fully saturated rings. The van der Waals surface area contributed by atoms with Crippen molar-refractivity contribution >= 4 is 21.6 Å². The summed E-state index contributed by atoms with van der Waals surface area (Å²) in [6.07, 6.45) is 0. The van der Waals surface area contributed by atoms with Crippen molar-refractivity contribution in [2.24, 2.45) is 0 Å². The van der Waals surface area contributed by atoms with E-state index in [1.165, 1.54) is 4.31 Å². The van der Waals surface area contributed by atoms with Crippen molar-refractivity contribution in [3.05, 3.63) is 23.3 Å². The molecule has 1 rings (SSSR count). The Balaban J connectivity index is 3.13. The van der Waals surface area contributed by atoms with Gasteiger partial charge in [-0.15, -0.1) is 0 Å². The second-order valence-electron chi connectivity index (χ2n) is 4.75. The van der Waals surface area contributed by atoms with Gasteiger partial charge in [0.15, 0.2) is 0 Å². The number of nitrogen functional groups attached to an aromatic ring is 1. The Morgan fingerprint density at radius 2 is 1.67 bits per heavy atom. The minimum absolute atomic E-state index is 0.100. The van der Waals surface area contributed by atoms with Gasteiger partial charge in [-0.2, -0.15) is 12.7 Å². The van der Waals surface area contributed by atoms with E-state index in [1.807, 2.05) is 27.7 Å².